The van der Waals surface area contributed by atoms with Crippen LogP contribution in [0.2, 0.25) is 0 Å². The fraction of sp³-hybridized carbons (Fsp3) is 0.125. The van der Waals surface area contributed by atoms with E-state index < -0.39 is 9.80 Å². The summed E-state index contributed by atoms with van der Waals surface area (Å²) >= 11 is 0. The van der Waals surface area contributed by atoms with E-state index in [-0.39, 0.29) is 0 Å². The number of methoxy groups -OCH3 is 1. The summed E-state index contributed by atoms with van der Waals surface area (Å²) in [6.07, 6.45) is 0. The first kappa shape index (κ1) is 9.25. The second kappa shape index (κ2) is 3.71. The summed E-state index contributed by atoms with van der Waals surface area (Å²) in [7, 11) is -1.76. The van der Waals surface area contributed by atoms with Crippen molar-refractivity contribution in [3.05, 3.63) is 30.3 Å². The molecule has 0 fully saturated rings. The van der Waals surface area contributed by atoms with Crippen molar-refractivity contribution < 1.29 is 13.5 Å². The van der Waals surface area contributed by atoms with E-state index in [1.165, 1.54) is 7.11 Å². The molecule has 0 saturated carbocycles. The highest BCUT2D eigenvalue weighted by atomic mass is 32.2. The van der Waals surface area contributed by atoms with Gasteiger partial charge in [0.2, 0.25) is 0 Å². The van der Waals surface area contributed by atoms with Gasteiger partial charge >= 0.3 is 0 Å². The molecule has 3 nitrogen and oxygen atoms in total. The van der Waals surface area contributed by atoms with Crippen molar-refractivity contribution in [1.29, 1.82) is 0 Å². The average Bonchev–Trinajstić information content (AvgIpc) is 2.06. The van der Waals surface area contributed by atoms with Gasteiger partial charge in [-0.15, -0.1) is 0 Å². The van der Waals surface area contributed by atoms with Crippen LogP contribution >= 0.6 is 0 Å². The third-order valence-electron chi connectivity index (χ3n) is 1.31. The molecule has 1 aromatic rings. The predicted molar refractivity (Wildman–Crippen MR) is 48.6 cm³/mol. The lowest BCUT2D eigenvalue weighted by atomic mass is 10.4. The zero-order chi connectivity index (χ0) is 9.03. The number of hydrogen-bond acceptors (Lipinski definition) is 2. The molecule has 66 valence electrons. The van der Waals surface area contributed by atoms with Crippen LogP contribution in [0.3, 0.4) is 0 Å². The summed E-state index contributed by atoms with van der Waals surface area (Å²) in [5, 5.41) is 0. The van der Waals surface area contributed by atoms with Crippen molar-refractivity contribution >= 4 is 15.4 Å². The van der Waals surface area contributed by atoms with Crippen LogP contribution in [0.5, 0.6) is 0 Å². The Hall–Kier alpha value is -0.840. The Morgan fingerprint density at radius 1 is 1.42 bits per heavy atom. The SMILES string of the molecule is COC=S(=O)(O)c1ccccc1. The number of benzene rings is 1. The quantitative estimate of drug-likeness (QED) is 0.706. The molecule has 1 rings (SSSR count). The normalized spacial score (nSPS) is 15.2. The fourth-order valence-corrected chi connectivity index (χ4v) is 1.72. The molecule has 0 radical (unpaired) electrons. The summed E-state index contributed by atoms with van der Waals surface area (Å²) in [4.78, 5) is 0.354. The first-order valence-corrected chi connectivity index (χ1v) is 4.92. The third kappa shape index (κ3) is 2.07. The highest BCUT2D eigenvalue weighted by Gasteiger charge is 2.03. The van der Waals surface area contributed by atoms with Gasteiger partial charge < -0.3 is 9.29 Å². The van der Waals surface area contributed by atoms with Crippen LogP contribution in [-0.4, -0.2) is 21.4 Å². The summed E-state index contributed by atoms with van der Waals surface area (Å²) in [6, 6.07) is 8.35. The summed E-state index contributed by atoms with van der Waals surface area (Å²) in [5.74, 6) is 0. The van der Waals surface area contributed by atoms with E-state index in [0.29, 0.717) is 4.90 Å². The van der Waals surface area contributed by atoms with E-state index >= 15 is 0 Å². The van der Waals surface area contributed by atoms with Crippen LogP contribution in [0.15, 0.2) is 35.2 Å². The number of hydrogen-bond donors (Lipinski definition) is 1. The molecule has 0 aromatic heterocycles. The summed E-state index contributed by atoms with van der Waals surface area (Å²) in [5.41, 5.74) is 0.933. The smallest absolute Gasteiger partial charge is 0.132 e. The molecular formula is C8H10O3S. The van der Waals surface area contributed by atoms with Gasteiger partial charge in [-0.1, -0.05) is 18.2 Å². The van der Waals surface area contributed by atoms with E-state index in [4.69, 9.17) is 0 Å². The van der Waals surface area contributed by atoms with Crippen LogP contribution in [0.4, 0.5) is 0 Å². The van der Waals surface area contributed by atoms with E-state index in [1.54, 1.807) is 30.3 Å². The second-order valence-electron chi connectivity index (χ2n) is 2.21. The lowest BCUT2D eigenvalue weighted by Crippen LogP contribution is -2.03. The maximum absolute atomic E-state index is 11.4. The first-order valence-electron chi connectivity index (χ1n) is 3.34. The molecular weight excluding hydrogens is 176 g/mol. The minimum Gasteiger partial charge on any atom is -0.346 e. The molecule has 12 heavy (non-hydrogen) atoms. The Labute approximate surface area is 71.8 Å². The molecule has 0 aliphatic carbocycles. The average molecular weight is 186 g/mol. The van der Waals surface area contributed by atoms with Crippen LogP contribution < -0.4 is 0 Å². The van der Waals surface area contributed by atoms with Gasteiger partial charge in [0.15, 0.2) is 0 Å². The molecule has 0 amide bonds. The Morgan fingerprint density at radius 2 is 2.00 bits per heavy atom. The van der Waals surface area contributed by atoms with Crippen LogP contribution in [-0.2, 0) is 14.5 Å². The molecule has 0 spiro atoms. The molecule has 4 heteroatoms. The van der Waals surface area contributed by atoms with Crippen molar-refractivity contribution in [2.24, 2.45) is 0 Å². The van der Waals surface area contributed by atoms with Gasteiger partial charge in [0.05, 0.1) is 4.90 Å². The van der Waals surface area contributed by atoms with Gasteiger partial charge in [0.25, 0.3) is 0 Å². The van der Waals surface area contributed by atoms with Crippen LogP contribution in [0.1, 0.15) is 0 Å². The van der Waals surface area contributed by atoms with Gasteiger partial charge in [0, 0.05) is 7.11 Å². The molecule has 1 atom stereocenters. The topological polar surface area (TPSA) is 46.5 Å². The lowest BCUT2D eigenvalue weighted by molar-refractivity contribution is 0.427. The highest BCUT2D eigenvalue weighted by Crippen LogP contribution is 2.06. The van der Waals surface area contributed by atoms with Crippen molar-refractivity contribution in [2.75, 3.05) is 7.11 Å². The van der Waals surface area contributed by atoms with E-state index in [9.17, 15) is 8.76 Å². The zero-order valence-electron chi connectivity index (χ0n) is 6.64. The maximum Gasteiger partial charge on any atom is 0.132 e. The molecule has 0 aliphatic heterocycles. The summed E-state index contributed by atoms with van der Waals surface area (Å²) < 4.78 is 25.2. The van der Waals surface area contributed by atoms with Crippen molar-refractivity contribution in [3.63, 3.8) is 0 Å². The van der Waals surface area contributed by atoms with Gasteiger partial charge in [-0.05, 0) is 12.1 Å². The fourth-order valence-electron chi connectivity index (χ4n) is 0.801. The van der Waals surface area contributed by atoms with Crippen molar-refractivity contribution in [3.8, 4) is 0 Å². The maximum atomic E-state index is 11.4. The van der Waals surface area contributed by atoms with Gasteiger partial charge in [-0.25, -0.2) is 4.21 Å². The molecule has 0 bridgehead atoms. The Balaban J connectivity index is 3.16. The van der Waals surface area contributed by atoms with E-state index in [0.717, 1.165) is 5.55 Å². The minimum absolute atomic E-state index is 0.354. The first-order chi connectivity index (χ1) is 5.67. The highest BCUT2D eigenvalue weighted by molar-refractivity contribution is 7.96. The Bertz CT molecular complexity index is 350. The molecule has 0 aliphatic rings. The second-order valence-corrected chi connectivity index (χ2v) is 4.01. The van der Waals surface area contributed by atoms with Crippen molar-refractivity contribution in [2.45, 2.75) is 4.90 Å². The molecule has 1 N–H and O–H groups in total. The molecule has 0 heterocycles. The standard InChI is InChI=1S/C8H10O3S/c1-11-7-12(9,10)8-5-3-2-4-6-8/h2-7H,1H3,(H,9,10). The number of ether oxygens (including phenoxy) is 1. The van der Waals surface area contributed by atoms with Gasteiger partial charge in [0.1, 0.15) is 15.4 Å². The van der Waals surface area contributed by atoms with Gasteiger partial charge in [-0.2, -0.15) is 0 Å². The minimum atomic E-state index is -3.11. The van der Waals surface area contributed by atoms with Crippen molar-refractivity contribution in [1.82, 2.24) is 0 Å². The van der Waals surface area contributed by atoms with Crippen LogP contribution in [0, 0.1) is 0 Å². The zero-order valence-corrected chi connectivity index (χ0v) is 7.45. The van der Waals surface area contributed by atoms with Crippen LogP contribution in [0.25, 0.3) is 0 Å². The lowest BCUT2D eigenvalue weighted by Gasteiger charge is -2.01. The molecule has 0 saturated heterocycles. The Kier molecular flexibility index (Phi) is 2.86. The third-order valence-corrected chi connectivity index (χ3v) is 2.71. The number of rotatable bonds is 2. The molecule has 1 aromatic carbocycles. The van der Waals surface area contributed by atoms with Gasteiger partial charge in [-0.3, -0.25) is 0 Å². The predicted octanol–water partition coefficient (Wildman–Crippen LogP) is 1.21. The largest absolute Gasteiger partial charge is 0.346 e. The van der Waals surface area contributed by atoms with E-state index in [1.807, 2.05) is 0 Å². The Morgan fingerprint density at radius 3 is 2.50 bits per heavy atom. The molecule has 1 unspecified atom stereocenters. The van der Waals surface area contributed by atoms with E-state index in [2.05, 4.69) is 4.74 Å². The monoisotopic (exact) mass is 186 g/mol. The summed E-state index contributed by atoms with van der Waals surface area (Å²) in [6.45, 7) is 0.